The van der Waals surface area contributed by atoms with Crippen molar-refractivity contribution in [1.82, 2.24) is 0 Å². The molecule has 5 nitrogen and oxygen atoms in total. The molecule has 0 aromatic rings. The van der Waals surface area contributed by atoms with E-state index in [1.165, 1.54) is 13.8 Å². The van der Waals surface area contributed by atoms with Crippen LogP contribution in [0.15, 0.2) is 12.2 Å². The number of carbonyl (C=O) groups is 1. The van der Waals surface area contributed by atoms with Crippen LogP contribution in [0.1, 0.15) is 13.8 Å². The van der Waals surface area contributed by atoms with Crippen molar-refractivity contribution in [3.05, 3.63) is 18.6 Å². The minimum Gasteiger partial charge on any atom is -0.446 e. The van der Waals surface area contributed by atoms with E-state index < -0.39 is 19.4 Å². The molecule has 2 N–H and O–H groups in total. The van der Waals surface area contributed by atoms with Crippen molar-refractivity contribution in [2.24, 2.45) is 0 Å². The van der Waals surface area contributed by atoms with E-state index in [9.17, 15) is 9.36 Å². The zero-order chi connectivity index (χ0) is 10.6. The zero-order valence-electron chi connectivity index (χ0n) is 7.43. The molecule has 0 spiro atoms. The molecule has 1 radical (unpaired) electrons. The smallest absolute Gasteiger partial charge is 0.366 e. The molecule has 1 atom stereocenters. The van der Waals surface area contributed by atoms with Gasteiger partial charge in [-0.25, -0.2) is 4.79 Å². The summed E-state index contributed by atoms with van der Waals surface area (Å²) in [4.78, 5) is 28.2. The molecule has 1 unspecified atom stereocenters. The topological polar surface area (TPSA) is 83.8 Å². The van der Waals surface area contributed by atoms with Gasteiger partial charge in [0.05, 0.1) is 0 Å². The Kier molecular flexibility index (Phi) is 4.33. The maximum atomic E-state index is 10.9. The Bertz CT molecular complexity index is 254. The standard InChI is InChI=1S/C7H12O5P/c1-4-6(13(9,10)11)12-7(8)5(2)3/h4,6H,2H2,1,3H3,(H2,9,10,11). The van der Waals surface area contributed by atoms with Gasteiger partial charge in [0, 0.05) is 12.0 Å². The summed E-state index contributed by atoms with van der Waals surface area (Å²) in [6, 6.07) is 0. The first-order valence-corrected chi connectivity index (χ1v) is 5.18. The largest absolute Gasteiger partial charge is 0.446 e. The van der Waals surface area contributed by atoms with Crippen LogP contribution in [0.25, 0.3) is 0 Å². The molecule has 0 aliphatic heterocycles. The maximum Gasteiger partial charge on any atom is 0.366 e. The molecule has 0 saturated carbocycles. The van der Waals surface area contributed by atoms with Crippen LogP contribution >= 0.6 is 7.60 Å². The molecule has 13 heavy (non-hydrogen) atoms. The molecule has 0 aromatic heterocycles. The fourth-order valence-electron chi connectivity index (χ4n) is 0.541. The zero-order valence-corrected chi connectivity index (χ0v) is 8.32. The fourth-order valence-corrected chi connectivity index (χ4v) is 1.16. The Morgan fingerprint density at radius 3 is 2.31 bits per heavy atom. The van der Waals surface area contributed by atoms with Crippen LogP contribution < -0.4 is 0 Å². The molecular weight excluding hydrogens is 195 g/mol. The van der Waals surface area contributed by atoms with E-state index in [1.807, 2.05) is 0 Å². The van der Waals surface area contributed by atoms with Gasteiger partial charge in [0.15, 0.2) is 0 Å². The van der Waals surface area contributed by atoms with Gasteiger partial charge in [-0.3, -0.25) is 4.57 Å². The van der Waals surface area contributed by atoms with E-state index in [0.29, 0.717) is 0 Å². The summed E-state index contributed by atoms with van der Waals surface area (Å²) < 4.78 is 15.1. The van der Waals surface area contributed by atoms with E-state index in [-0.39, 0.29) is 5.57 Å². The van der Waals surface area contributed by atoms with Crippen molar-refractivity contribution in [1.29, 1.82) is 0 Å². The molecule has 0 amide bonds. The molecule has 0 aliphatic rings. The first-order chi connectivity index (χ1) is 5.79. The third-order valence-corrected chi connectivity index (χ3v) is 2.26. The summed E-state index contributed by atoms with van der Waals surface area (Å²) in [6.45, 7) is 6.08. The Balaban J connectivity index is 4.40. The highest BCUT2D eigenvalue weighted by Gasteiger charge is 2.30. The van der Waals surface area contributed by atoms with Gasteiger partial charge in [-0.15, -0.1) is 0 Å². The van der Waals surface area contributed by atoms with Crippen LogP contribution in [-0.2, 0) is 14.1 Å². The molecule has 0 heterocycles. The fraction of sp³-hybridized carbons (Fsp3) is 0.429. The average Bonchev–Trinajstić information content (AvgIpc) is 1.96. The molecular formula is C7H12O5P. The summed E-state index contributed by atoms with van der Waals surface area (Å²) in [6.07, 6.45) is 1.13. The molecule has 6 heteroatoms. The lowest BCUT2D eigenvalue weighted by molar-refractivity contribution is -0.140. The highest BCUT2D eigenvalue weighted by Crippen LogP contribution is 2.43. The van der Waals surface area contributed by atoms with Crippen LogP contribution in [0, 0.1) is 6.42 Å². The van der Waals surface area contributed by atoms with Crippen LogP contribution in [0.4, 0.5) is 0 Å². The molecule has 75 valence electrons. The Morgan fingerprint density at radius 2 is 2.08 bits per heavy atom. The van der Waals surface area contributed by atoms with Gasteiger partial charge in [-0.1, -0.05) is 13.5 Å². The number of hydrogen-bond donors (Lipinski definition) is 2. The summed E-state index contributed by atoms with van der Waals surface area (Å²) in [5.41, 5.74) is 0.0975. The molecule has 0 bridgehead atoms. The van der Waals surface area contributed by atoms with E-state index in [1.54, 1.807) is 0 Å². The normalized spacial score (nSPS) is 13.5. The predicted octanol–water partition coefficient (Wildman–Crippen LogP) is 0.834. The molecule has 0 fully saturated rings. The second kappa shape index (κ2) is 4.56. The van der Waals surface area contributed by atoms with Crippen molar-refractivity contribution >= 4 is 13.6 Å². The number of carbonyl (C=O) groups excluding carboxylic acids is 1. The summed E-state index contributed by atoms with van der Waals surface area (Å²) >= 11 is 0. The SMILES string of the molecule is C=C(C)C(=O)OC([CH]C)P(=O)(O)O. The molecule has 0 rings (SSSR count). The van der Waals surface area contributed by atoms with Gasteiger partial charge in [0.25, 0.3) is 0 Å². The average molecular weight is 207 g/mol. The minimum absolute atomic E-state index is 0.0975. The van der Waals surface area contributed by atoms with E-state index >= 15 is 0 Å². The molecule has 0 aliphatic carbocycles. The third kappa shape index (κ3) is 4.22. The highest BCUT2D eigenvalue weighted by molar-refractivity contribution is 7.52. The Morgan fingerprint density at radius 1 is 1.62 bits per heavy atom. The first-order valence-electron chi connectivity index (χ1n) is 3.50. The Hall–Kier alpha value is -0.640. The summed E-state index contributed by atoms with van der Waals surface area (Å²) in [7, 11) is -4.41. The van der Waals surface area contributed by atoms with Gasteiger partial charge >= 0.3 is 13.6 Å². The van der Waals surface area contributed by atoms with Gasteiger partial charge in [-0.2, -0.15) is 0 Å². The molecule has 0 saturated heterocycles. The van der Waals surface area contributed by atoms with Gasteiger partial charge in [-0.05, 0) is 6.92 Å². The van der Waals surface area contributed by atoms with Crippen LogP contribution in [0.5, 0.6) is 0 Å². The lowest BCUT2D eigenvalue weighted by Gasteiger charge is -2.16. The maximum absolute atomic E-state index is 10.9. The molecule has 0 aromatic carbocycles. The van der Waals surface area contributed by atoms with E-state index in [2.05, 4.69) is 11.3 Å². The van der Waals surface area contributed by atoms with Crippen LogP contribution in [-0.4, -0.2) is 21.6 Å². The van der Waals surface area contributed by atoms with E-state index in [0.717, 1.165) is 6.42 Å². The van der Waals surface area contributed by atoms with Crippen molar-refractivity contribution < 1.29 is 23.9 Å². The number of esters is 1. The van der Waals surface area contributed by atoms with Gasteiger partial charge in [0.1, 0.15) is 0 Å². The number of hydrogen-bond acceptors (Lipinski definition) is 3. The minimum atomic E-state index is -4.41. The number of ether oxygens (including phenoxy) is 1. The van der Waals surface area contributed by atoms with Crippen molar-refractivity contribution in [3.63, 3.8) is 0 Å². The summed E-state index contributed by atoms with van der Waals surface area (Å²) in [5, 5.41) is 0. The first kappa shape index (κ1) is 12.4. The van der Waals surface area contributed by atoms with Gasteiger partial charge < -0.3 is 14.5 Å². The Labute approximate surface area is 76.6 Å². The third-order valence-electron chi connectivity index (χ3n) is 1.19. The second-order valence-electron chi connectivity index (χ2n) is 2.50. The van der Waals surface area contributed by atoms with Crippen LogP contribution in [0.2, 0.25) is 0 Å². The van der Waals surface area contributed by atoms with Crippen molar-refractivity contribution in [2.45, 2.75) is 19.7 Å². The van der Waals surface area contributed by atoms with Crippen molar-refractivity contribution in [3.8, 4) is 0 Å². The van der Waals surface area contributed by atoms with E-state index in [4.69, 9.17) is 9.79 Å². The predicted molar refractivity (Wildman–Crippen MR) is 46.7 cm³/mol. The monoisotopic (exact) mass is 207 g/mol. The van der Waals surface area contributed by atoms with Gasteiger partial charge in [0.2, 0.25) is 5.85 Å². The lowest BCUT2D eigenvalue weighted by Crippen LogP contribution is -2.18. The second-order valence-corrected chi connectivity index (χ2v) is 4.19. The van der Waals surface area contributed by atoms with Crippen LogP contribution in [0.3, 0.4) is 0 Å². The lowest BCUT2D eigenvalue weighted by atomic mass is 10.4. The summed E-state index contributed by atoms with van der Waals surface area (Å²) in [5.74, 6) is -2.30. The highest BCUT2D eigenvalue weighted by atomic mass is 31.2. The van der Waals surface area contributed by atoms with Crippen molar-refractivity contribution in [2.75, 3.05) is 0 Å². The quantitative estimate of drug-likeness (QED) is 0.405. The number of rotatable bonds is 4.